The van der Waals surface area contributed by atoms with E-state index in [4.69, 9.17) is 10.8 Å². The van der Waals surface area contributed by atoms with Gasteiger partial charge < -0.3 is 36.6 Å². The molecule has 30 heavy (non-hydrogen) atoms. The Kier molecular flexibility index (Phi) is 27.6. The van der Waals surface area contributed by atoms with Gasteiger partial charge in [-0.3, -0.25) is 4.79 Å². The number of nitrogens with two attached hydrogens (primary N) is 1. The molecule has 0 aromatic heterocycles. The van der Waals surface area contributed by atoms with Crippen LogP contribution >= 0.6 is 0 Å². The van der Waals surface area contributed by atoms with E-state index in [1.54, 1.807) is 0 Å². The van der Waals surface area contributed by atoms with Crippen LogP contribution in [0.15, 0.2) is 0 Å². The average Bonchev–Trinajstić information content (AvgIpc) is 2.35. The van der Waals surface area contributed by atoms with Gasteiger partial charge in [0.2, 0.25) is 0 Å². The maximum atomic E-state index is 11.1. The van der Waals surface area contributed by atoms with Crippen LogP contribution in [0.5, 0.6) is 0 Å². The van der Waals surface area contributed by atoms with E-state index < -0.39 is 5.97 Å². The molecule has 5 nitrogen and oxygen atoms in total. The number of carboxylic acids is 1. The summed E-state index contributed by atoms with van der Waals surface area (Å²) in [4.78, 5) is 22.1. The van der Waals surface area contributed by atoms with E-state index in [1.165, 1.54) is 12.8 Å². The Balaban J connectivity index is -0.0000000800. The van der Waals surface area contributed by atoms with Crippen LogP contribution in [-0.2, 0) is 75.0 Å². The number of hydrogen-bond donors (Lipinski definition) is 1. The Labute approximate surface area is 238 Å². The van der Waals surface area contributed by atoms with Crippen LogP contribution in [0.2, 0.25) is 0 Å². The van der Waals surface area contributed by atoms with Crippen molar-refractivity contribution in [1.82, 2.24) is 0 Å². The molecule has 2 rings (SSSR count). The van der Waals surface area contributed by atoms with Crippen molar-refractivity contribution in [1.29, 1.82) is 0 Å². The van der Waals surface area contributed by atoms with E-state index in [0.717, 1.165) is 25.7 Å². The molecular weight excluding hydrogens is 530 g/mol. The minimum absolute atomic E-state index is 0. The quantitative estimate of drug-likeness (QED) is 0.337. The molecule has 2 aliphatic rings. The molecule has 2 aliphatic carbocycles. The zero-order valence-corrected chi connectivity index (χ0v) is 25.7. The number of carbonyl (C=O) groups excluding carboxylic acids is 1. The molecule has 4 atom stereocenters. The van der Waals surface area contributed by atoms with E-state index in [2.05, 4.69) is 41.5 Å². The van der Waals surface area contributed by atoms with Crippen molar-refractivity contribution < 1.29 is 80.1 Å². The molecule has 0 aromatic rings. The van der Waals surface area contributed by atoms with Crippen LogP contribution in [0.3, 0.4) is 0 Å². The number of aliphatic carboxylic acids is 1. The molecule has 0 aliphatic heterocycles. The first-order chi connectivity index (χ1) is 10.9. The Morgan fingerprint density at radius 1 is 0.833 bits per heavy atom. The Morgan fingerprint density at radius 3 is 1.30 bits per heavy atom. The Bertz CT molecular complexity index is 429. The van der Waals surface area contributed by atoms with Gasteiger partial charge in [0.15, 0.2) is 0 Å². The first kappa shape index (κ1) is 44.7. The van der Waals surface area contributed by atoms with Gasteiger partial charge in [0.25, 0.3) is 0 Å². The van der Waals surface area contributed by atoms with Crippen LogP contribution in [0, 0.1) is 49.4 Å². The Hall–Kier alpha value is 1.11. The van der Waals surface area contributed by atoms with Gasteiger partial charge in [0.1, 0.15) is 0 Å². The van der Waals surface area contributed by atoms with Crippen LogP contribution < -0.4 is 0 Å². The second-order valence-corrected chi connectivity index (χ2v) is 9.37. The van der Waals surface area contributed by atoms with Gasteiger partial charge in [0, 0.05) is 71.3 Å². The molecule has 178 valence electrons. The summed E-state index contributed by atoms with van der Waals surface area (Å²) in [6.45, 7) is 12.5. The topological polar surface area (TPSA) is 112 Å². The second kappa shape index (κ2) is 18.5. The van der Waals surface area contributed by atoms with Crippen LogP contribution in [0.1, 0.15) is 87.5 Å². The standard InChI is InChI=1S/C10H19NO.C10H18O2.CH4.2CH3.H2N.2Y/c2*1-7-5-4-6-10(2,3)8(7)9(11)12;;;;;;/h7-8H,4-6H2,1-3H3,(H2,11,12);7-8H,4-6H2,1-3H3,(H,11,12);1H4;2*1H3;1H2;;/q;;;3*-1;;/p-1. The number of nitrogens with one attached hydrogen (secondary N) is 1. The minimum Gasteiger partial charge on any atom is -0.693 e. The molecule has 2 saturated carbocycles. The van der Waals surface area contributed by atoms with E-state index in [1.807, 2.05) is 0 Å². The van der Waals surface area contributed by atoms with Gasteiger partial charge in [-0.05, 0) is 41.9 Å². The fourth-order valence-corrected chi connectivity index (χ4v) is 5.14. The summed E-state index contributed by atoms with van der Waals surface area (Å²) in [6.07, 6.45) is 6.70. The SMILES string of the molecule is C.CC1CCCC(C)(C)C1C(=O)O.CC1CCCC(C)(C)C1C([NH-])=O.[CH3-].[CH3-].[NH2-].[Y].[Y]. The van der Waals surface area contributed by atoms with E-state index >= 15 is 0 Å². The van der Waals surface area contributed by atoms with Crippen molar-refractivity contribution in [2.24, 2.45) is 34.5 Å². The van der Waals surface area contributed by atoms with Crippen molar-refractivity contribution in [3.05, 3.63) is 26.7 Å². The molecule has 0 heterocycles. The van der Waals surface area contributed by atoms with Crippen molar-refractivity contribution in [2.45, 2.75) is 87.5 Å². The van der Waals surface area contributed by atoms with Gasteiger partial charge in [-0.1, -0.05) is 68.2 Å². The third-order valence-corrected chi connectivity index (χ3v) is 6.33. The summed E-state index contributed by atoms with van der Waals surface area (Å²) in [5.41, 5.74) is 7.26. The molecule has 2 radical (unpaired) electrons. The summed E-state index contributed by atoms with van der Waals surface area (Å²) >= 11 is 0. The monoisotopic (exact) mass is 578 g/mol. The van der Waals surface area contributed by atoms with Gasteiger partial charge in [-0.2, -0.15) is 0 Å². The molecule has 0 spiro atoms. The van der Waals surface area contributed by atoms with E-state index in [-0.39, 0.29) is 122 Å². The fourth-order valence-electron chi connectivity index (χ4n) is 5.14. The fraction of sp³-hybridized carbons (Fsp3) is 0.826. The minimum atomic E-state index is -0.618. The third kappa shape index (κ3) is 12.4. The Morgan fingerprint density at radius 2 is 1.13 bits per heavy atom. The van der Waals surface area contributed by atoms with Gasteiger partial charge in [-0.25, -0.2) is 0 Å². The maximum absolute atomic E-state index is 11.1. The molecule has 7 heteroatoms. The van der Waals surface area contributed by atoms with Crippen molar-refractivity contribution in [2.75, 3.05) is 0 Å². The number of rotatable bonds is 2. The second-order valence-electron chi connectivity index (χ2n) is 9.37. The van der Waals surface area contributed by atoms with E-state index in [0.29, 0.717) is 11.8 Å². The molecule has 1 amide bonds. The molecule has 4 N–H and O–H groups in total. The molecule has 0 saturated heterocycles. The normalized spacial score (nSPS) is 27.7. The van der Waals surface area contributed by atoms with Crippen molar-refractivity contribution in [3.63, 3.8) is 0 Å². The third-order valence-electron chi connectivity index (χ3n) is 6.33. The van der Waals surface area contributed by atoms with Gasteiger partial charge in [-0.15, -0.1) is 0 Å². The number of amides is 1. The number of carboxylic acid groups (broad SMARTS) is 1. The van der Waals surface area contributed by atoms with Gasteiger partial charge in [0.05, 0.1) is 11.8 Å². The molecule has 2 fully saturated rings. The van der Waals surface area contributed by atoms with Crippen LogP contribution in [-0.4, -0.2) is 17.0 Å². The maximum Gasteiger partial charge on any atom is 0.307 e. The summed E-state index contributed by atoms with van der Waals surface area (Å²) in [6, 6.07) is 0. The molecule has 0 aromatic carbocycles. The largest absolute Gasteiger partial charge is 0.693 e. The zero-order chi connectivity index (χ0) is 18.7. The summed E-state index contributed by atoms with van der Waals surface area (Å²) in [5.74, 6) is -0.429. The first-order valence-corrected chi connectivity index (χ1v) is 9.38. The molecular formula is C23H48N2O3Y2-4. The predicted octanol–water partition coefficient (Wildman–Crippen LogP) is 7.81. The van der Waals surface area contributed by atoms with Crippen molar-refractivity contribution >= 4 is 11.9 Å². The molecule has 4 unspecified atom stereocenters. The summed E-state index contributed by atoms with van der Waals surface area (Å²) in [7, 11) is 0. The predicted molar refractivity (Wildman–Crippen MR) is 122 cm³/mol. The van der Waals surface area contributed by atoms with E-state index in [9.17, 15) is 9.59 Å². The van der Waals surface area contributed by atoms with Crippen LogP contribution in [0.4, 0.5) is 0 Å². The van der Waals surface area contributed by atoms with Crippen molar-refractivity contribution in [3.8, 4) is 0 Å². The van der Waals surface area contributed by atoms with Gasteiger partial charge >= 0.3 is 5.97 Å². The van der Waals surface area contributed by atoms with Crippen LogP contribution in [0.25, 0.3) is 11.9 Å². The average molecular weight is 578 g/mol. The number of carbonyl (C=O) groups is 2. The smallest absolute Gasteiger partial charge is 0.307 e. The first-order valence-electron chi connectivity index (χ1n) is 9.38. The summed E-state index contributed by atoms with van der Waals surface area (Å²) < 4.78 is 0. The molecule has 0 bridgehead atoms. The zero-order valence-electron chi connectivity index (χ0n) is 20.0. The summed E-state index contributed by atoms with van der Waals surface area (Å²) in [5, 5.41) is 9.04. The number of hydrogen-bond acceptors (Lipinski definition) is 2.